The molecule has 1 aliphatic heterocycles. The molecule has 0 radical (unpaired) electrons. The second-order valence-electron chi connectivity index (χ2n) is 8.18. The van der Waals surface area contributed by atoms with E-state index in [4.69, 9.17) is 4.74 Å². The molecular weight excluding hydrogens is 491 g/mol. The summed E-state index contributed by atoms with van der Waals surface area (Å²) in [6.45, 7) is 2.38. The van der Waals surface area contributed by atoms with E-state index in [0.29, 0.717) is 17.9 Å². The van der Waals surface area contributed by atoms with Crippen LogP contribution in [0.5, 0.6) is 17.2 Å². The first-order valence-corrected chi connectivity index (χ1v) is 11.3. The maximum Gasteiger partial charge on any atom is 0.573 e. The number of alkyl halides is 3. The number of carbonyl (C=O) groups excluding carboxylic acids is 2. The van der Waals surface area contributed by atoms with Crippen molar-refractivity contribution in [3.63, 3.8) is 0 Å². The number of carbonyl (C=O) groups is 2. The quantitative estimate of drug-likeness (QED) is 0.239. The summed E-state index contributed by atoms with van der Waals surface area (Å²) in [5.74, 6) is -2.51. The van der Waals surface area contributed by atoms with Gasteiger partial charge in [-0.25, -0.2) is 0 Å². The number of phenolic OH excluding ortho intramolecular Hbond substituents is 1. The molecule has 1 heterocycles. The number of hydrogen-bond acceptors (Lipinski definition) is 6. The first-order chi connectivity index (χ1) is 17.6. The van der Waals surface area contributed by atoms with Crippen molar-refractivity contribution in [1.82, 2.24) is 0 Å². The van der Waals surface area contributed by atoms with Crippen molar-refractivity contribution in [2.45, 2.75) is 25.7 Å². The Morgan fingerprint density at radius 2 is 1.65 bits per heavy atom. The van der Waals surface area contributed by atoms with Gasteiger partial charge in [0, 0.05) is 11.3 Å². The molecule has 1 saturated heterocycles. The number of aromatic hydroxyl groups is 1. The Hall–Kier alpha value is -4.47. The molecule has 1 amide bonds. The Bertz CT molecular complexity index is 1330. The molecule has 0 aromatic heterocycles. The van der Waals surface area contributed by atoms with Crippen molar-refractivity contribution in [3.8, 4) is 17.2 Å². The number of ketones is 1. The SMILES string of the molecule is CCCOc1cccc(/C(O)=C2/C(=O)C(=O)N(c3ccc(OC(F)(F)F)cc3)C2c2ccc(O)cc2)c1. The number of phenols is 1. The van der Waals surface area contributed by atoms with Gasteiger partial charge in [-0.05, 0) is 60.5 Å². The number of benzene rings is 3. The van der Waals surface area contributed by atoms with Crippen LogP contribution in [0.15, 0.2) is 78.4 Å². The zero-order valence-electron chi connectivity index (χ0n) is 19.5. The average Bonchev–Trinajstić information content (AvgIpc) is 3.13. The molecule has 0 saturated carbocycles. The van der Waals surface area contributed by atoms with Crippen molar-refractivity contribution in [3.05, 3.63) is 89.5 Å². The minimum absolute atomic E-state index is 0.0601. The molecule has 0 bridgehead atoms. The van der Waals surface area contributed by atoms with E-state index in [1.54, 1.807) is 18.2 Å². The summed E-state index contributed by atoms with van der Waals surface area (Å²) in [5, 5.41) is 20.9. The maximum absolute atomic E-state index is 13.2. The first-order valence-electron chi connectivity index (χ1n) is 11.3. The normalized spacial score (nSPS) is 17.2. The molecule has 7 nitrogen and oxygen atoms in total. The summed E-state index contributed by atoms with van der Waals surface area (Å²) in [5.41, 5.74) is 0.504. The summed E-state index contributed by atoms with van der Waals surface area (Å²) < 4.78 is 47.2. The third kappa shape index (κ3) is 5.53. The lowest BCUT2D eigenvalue weighted by atomic mass is 9.95. The van der Waals surface area contributed by atoms with Crippen LogP contribution in [0, 0.1) is 0 Å². The summed E-state index contributed by atoms with van der Waals surface area (Å²) >= 11 is 0. The molecule has 192 valence electrons. The number of amides is 1. The number of aliphatic hydroxyl groups is 1. The van der Waals surface area contributed by atoms with E-state index in [2.05, 4.69) is 4.74 Å². The number of anilines is 1. The third-order valence-electron chi connectivity index (χ3n) is 5.58. The van der Waals surface area contributed by atoms with E-state index in [-0.39, 0.29) is 22.6 Å². The molecule has 4 rings (SSSR count). The lowest BCUT2D eigenvalue weighted by molar-refractivity contribution is -0.274. The fourth-order valence-electron chi connectivity index (χ4n) is 3.99. The van der Waals surface area contributed by atoms with Crippen LogP contribution in [-0.4, -0.2) is 34.9 Å². The lowest BCUT2D eigenvalue weighted by Gasteiger charge is -2.25. The Labute approximate surface area is 210 Å². The number of hydrogen-bond donors (Lipinski definition) is 2. The third-order valence-corrected chi connectivity index (χ3v) is 5.58. The van der Waals surface area contributed by atoms with Gasteiger partial charge in [0.1, 0.15) is 23.0 Å². The number of aliphatic hydroxyl groups excluding tert-OH is 1. The number of nitrogens with zero attached hydrogens (tertiary/aromatic N) is 1. The molecule has 1 aliphatic rings. The Kier molecular flexibility index (Phi) is 7.10. The van der Waals surface area contributed by atoms with Gasteiger partial charge >= 0.3 is 6.36 Å². The van der Waals surface area contributed by atoms with Crippen LogP contribution in [0.1, 0.15) is 30.5 Å². The highest BCUT2D eigenvalue weighted by Crippen LogP contribution is 2.43. The van der Waals surface area contributed by atoms with Gasteiger partial charge in [0.15, 0.2) is 0 Å². The van der Waals surface area contributed by atoms with Gasteiger partial charge in [0.05, 0.1) is 18.2 Å². The Morgan fingerprint density at radius 1 is 0.973 bits per heavy atom. The summed E-state index contributed by atoms with van der Waals surface area (Å²) in [7, 11) is 0. The Morgan fingerprint density at radius 3 is 2.27 bits per heavy atom. The molecule has 2 N–H and O–H groups in total. The van der Waals surface area contributed by atoms with Crippen molar-refractivity contribution in [2.24, 2.45) is 0 Å². The van der Waals surface area contributed by atoms with Crippen LogP contribution in [0.25, 0.3) is 5.76 Å². The molecule has 0 spiro atoms. The van der Waals surface area contributed by atoms with E-state index in [1.807, 2.05) is 6.92 Å². The summed E-state index contributed by atoms with van der Waals surface area (Å²) in [6, 6.07) is 15.4. The highest BCUT2D eigenvalue weighted by Gasteiger charge is 2.47. The fourth-order valence-corrected chi connectivity index (χ4v) is 3.99. The van der Waals surface area contributed by atoms with E-state index in [1.165, 1.54) is 42.5 Å². The van der Waals surface area contributed by atoms with E-state index in [0.717, 1.165) is 23.5 Å². The van der Waals surface area contributed by atoms with Crippen molar-refractivity contribution >= 4 is 23.1 Å². The van der Waals surface area contributed by atoms with Crippen molar-refractivity contribution in [1.29, 1.82) is 0 Å². The molecule has 37 heavy (non-hydrogen) atoms. The largest absolute Gasteiger partial charge is 0.573 e. The molecular formula is C27H22F3NO6. The topological polar surface area (TPSA) is 96.3 Å². The molecule has 1 unspecified atom stereocenters. The van der Waals surface area contributed by atoms with E-state index < -0.39 is 35.6 Å². The van der Waals surface area contributed by atoms with Gasteiger partial charge in [0.2, 0.25) is 0 Å². The van der Waals surface area contributed by atoms with Crippen LogP contribution in [0.2, 0.25) is 0 Å². The van der Waals surface area contributed by atoms with E-state index in [9.17, 15) is 33.0 Å². The zero-order valence-corrected chi connectivity index (χ0v) is 19.5. The highest BCUT2D eigenvalue weighted by atomic mass is 19.4. The fraction of sp³-hybridized carbons (Fsp3) is 0.185. The highest BCUT2D eigenvalue weighted by molar-refractivity contribution is 6.51. The number of Topliss-reactive ketones (excluding diaryl/α,β-unsaturated/α-hetero) is 1. The molecule has 1 atom stereocenters. The van der Waals surface area contributed by atoms with Gasteiger partial charge in [-0.15, -0.1) is 13.2 Å². The minimum atomic E-state index is -4.90. The lowest BCUT2D eigenvalue weighted by Crippen LogP contribution is -2.29. The van der Waals surface area contributed by atoms with Crippen LogP contribution >= 0.6 is 0 Å². The monoisotopic (exact) mass is 513 g/mol. The zero-order chi connectivity index (χ0) is 26.7. The maximum atomic E-state index is 13.2. The molecule has 3 aromatic rings. The first kappa shape index (κ1) is 25.6. The van der Waals surface area contributed by atoms with Crippen LogP contribution in [0.3, 0.4) is 0 Å². The summed E-state index contributed by atoms with van der Waals surface area (Å²) in [4.78, 5) is 27.5. The predicted octanol–water partition coefficient (Wildman–Crippen LogP) is 5.71. The standard InChI is InChI=1S/C27H22F3NO6/c1-2-14-36-21-5-3-4-17(15-21)24(33)22-23(16-6-10-19(32)11-7-16)31(26(35)25(22)34)18-8-12-20(13-9-18)37-27(28,29)30/h3-13,15,23,32-33H,2,14H2,1H3/b24-22-. The Balaban J connectivity index is 1.82. The van der Waals surface area contributed by atoms with Crippen LogP contribution < -0.4 is 14.4 Å². The number of ether oxygens (including phenoxy) is 2. The number of rotatable bonds is 7. The summed E-state index contributed by atoms with van der Waals surface area (Å²) in [6.07, 6.45) is -4.14. The van der Waals surface area contributed by atoms with Gasteiger partial charge in [-0.1, -0.05) is 31.2 Å². The van der Waals surface area contributed by atoms with E-state index >= 15 is 0 Å². The van der Waals surface area contributed by atoms with Gasteiger partial charge < -0.3 is 19.7 Å². The second-order valence-corrected chi connectivity index (χ2v) is 8.18. The van der Waals surface area contributed by atoms with Crippen LogP contribution in [0.4, 0.5) is 18.9 Å². The smallest absolute Gasteiger partial charge is 0.508 e. The van der Waals surface area contributed by atoms with Crippen molar-refractivity contribution in [2.75, 3.05) is 11.5 Å². The second kappa shape index (κ2) is 10.3. The molecule has 1 fully saturated rings. The molecule has 10 heteroatoms. The molecule has 0 aliphatic carbocycles. The number of halogens is 3. The minimum Gasteiger partial charge on any atom is -0.508 e. The van der Waals surface area contributed by atoms with Crippen molar-refractivity contribution < 1.29 is 42.4 Å². The van der Waals surface area contributed by atoms with Gasteiger partial charge in [-0.3, -0.25) is 14.5 Å². The average molecular weight is 513 g/mol. The van der Waals surface area contributed by atoms with Gasteiger partial charge in [0.25, 0.3) is 11.7 Å². The molecule has 3 aromatic carbocycles. The predicted molar refractivity (Wildman–Crippen MR) is 128 cm³/mol. The van der Waals surface area contributed by atoms with Crippen LogP contribution in [-0.2, 0) is 9.59 Å². The van der Waals surface area contributed by atoms with Gasteiger partial charge in [-0.2, -0.15) is 0 Å².